The molecular weight excluding hydrogens is 212 g/mol. The van der Waals surface area contributed by atoms with E-state index < -0.39 is 0 Å². The minimum atomic E-state index is 0.419. The lowest BCUT2D eigenvalue weighted by atomic mass is 10.4. The monoisotopic (exact) mass is 220 g/mol. The molecule has 0 saturated carbocycles. The van der Waals surface area contributed by atoms with Crippen LogP contribution in [0, 0.1) is 11.8 Å². The quantitative estimate of drug-likeness (QED) is 0.732. The van der Waals surface area contributed by atoms with Crippen LogP contribution in [0.2, 0.25) is 5.15 Å². The van der Waals surface area contributed by atoms with Crippen molar-refractivity contribution in [3.63, 3.8) is 0 Å². The molecule has 2 aromatic heterocycles. The second-order valence-electron chi connectivity index (χ2n) is 2.91. The van der Waals surface area contributed by atoms with Gasteiger partial charge < -0.3 is 5.73 Å². The molecule has 0 amide bonds. The van der Waals surface area contributed by atoms with E-state index >= 15 is 0 Å². The normalized spacial score (nSPS) is 10.0. The minimum absolute atomic E-state index is 0.419. The summed E-state index contributed by atoms with van der Waals surface area (Å²) in [6.07, 6.45) is 2.33. The Labute approximate surface area is 92.1 Å². The van der Waals surface area contributed by atoms with Gasteiger partial charge in [-0.2, -0.15) is 5.10 Å². The van der Waals surface area contributed by atoms with Gasteiger partial charge in [0.2, 0.25) is 0 Å². The number of hydrogen-bond acceptors (Lipinski definition) is 3. The van der Waals surface area contributed by atoms with E-state index in [4.69, 9.17) is 17.3 Å². The fraction of sp³-hybridized carbons (Fsp3) is 0.200. The van der Waals surface area contributed by atoms with Gasteiger partial charge in [0, 0.05) is 13.0 Å². The van der Waals surface area contributed by atoms with Crippen molar-refractivity contribution in [3.8, 4) is 11.8 Å². The molecule has 0 unspecified atom stereocenters. The van der Waals surface area contributed by atoms with E-state index in [2.05, 4.69) is 21.9 Å². The summed E-state index contributed by atoms with van der Waals surface area (Å²) >= 11 is 5.78. The van der Waals surface area contributed by atoms with Crippen LogP contribution in [0.1, 0.15) is 12.1 Å². The largest absolute Gasteiger partial charge is 0.330 e. The Morgan fingerprint density at radius 3 is 3.13 bits per heavy atom. The Hall–Kier alpha value is -1.57. The third-order valence-corrected chi connectivity index (χ3v) is 2.02. The SMILES string of the molecule is NCCC#Cc1cnc2ccc(Cl)nn12. The molecule has 2 aromatic rings. The van der Waals surface area contributed by atoms with E-state index in [0.717, 1.165) is 11.3 Å². The van der Waals surface area contributed by atoms with Crippen molar-refractivity contribution < 1.29 is 0 Å². The van der Waals surface area contributed by atoms with Gasteiger partial charge in [-0.3, -0.25) is 0 Å². The molecule has 2 rings (SSSR count). The number of aromatic nitrogens is 3. The van der Waals surface area contributed by atoms with E-state index in [9.17, 15) is 0 Å². The Morgan fingerprint density at radius 2 is 2.33 bits per heavy atom. The van der Waals surface area contributed by atoms with Crippen molar-refractivity contribution in [2.75, 3.05) is 6.54 Å². The van der Waals surface area contributed by atoms with Gasteiger partial charge in [-0.15, -0.1) is 0 Å². The molecule has 0 spiro atoms. The lowest BCUT2D eigenvalue weighted by Gasteiger charge is -1.93. The van der Waals surface area contributed by atoms with Crippen LogP contribution >= 0.6 is 11.6 Å². The summed E-state index contributed by atoms with van der Waals surface area (Å²) in [5.41, 5.74) is 6.80. The Bertz CT molecular complexity index is 535. The number of rotatable bonds is 1. The lowest BCUT2D eigenvalue weighted by molar-refractivity contribution is 0.923. The van der Waals surface area contributed by atoms with Crippen molar-refractivity contribution in [2.24, 2.45) is 5.73 Å². The van der Waals surface area contributed by atoms with Crippen LogP contribution < -0.4 is 5.73 Å². The fourth-order valence-electron chi connectivity index (χ4n) is 1.16. The molecule has 0 radical (unpaired) electrons. The molecule has 0 fully saturated rings. The molecule has 0 aliphatic heterocycles. The molecule has 0 aliphatic carbocycles. The summed E-state index contributed by atoms with van der Waals surface area (Å²) in [6, 6.07) is 3.49. The molecule has 0 bridgehead atoms. The van der Waals surface area contributed by atoms with E-state index in [1.54, 1.807) is 22.8 Å². The molecule has 0 atom stereocenters. The molecule has 4 nitrogen and oxygen atoms in total. The van der Waals surface area contributed by atoms with Crippen LogP contribution in [-0.4, -0.2) is 21.1 Å². The average Bonchev–Trinajstić information content (AvgIpc) is 2.62. The maximum absolute atomic E-state index is 5.78. The summed E-state index contributed by atoms with van der Waals surface area (Å²) in [6.45, 7) is 0.553. The van der Waals surface area contributed by atoms with Gasteiger partial charge in [0.1, 0.15) is 10.8 Å². The second-order valence-corrected chi connectivity index (χ2v) is 3.30. The first kappa shape index (κ1) is 9.97. The molecule has 5 heteroatoms. The van der Waals surface area contributed by atoms with Crippen molar-refractivity contribution in [1.82, 2.24) is 14.6 Å². The van der Waals surface area contributed by atoms with Crippen molar-refractivity contribution in [1.29, 1.82) is 0 Å². The highest BCUT2D eigenvalue weighted by Crippen LogP contribution is 2.08. The lowest BCUT2D eigenvalue weighted by Crippen LogP contribution is -1.96. The van der Waals surface area contributed by atoms with Gasteiger partial charge in [0.05, 0.1) is 6.20 Å². The molecule has 2 N–H and O–H groups in total. The highest BCUT2D eigenvalue weighted by molar-refractivity contribution is 6.29. The maximum Gasteiger partial charge on any atom is 0.155 e. The van der Waals surface area contributed by atoms with Crippen molar-refractivity contribution >= 4 is 17.2 Å². The molecule has 0 saturated heterocycles. The number of nitrogens with two attached hydrogens (primary N) is 1. The molecule has 76 valence electrons. The zero-order valence-electron chi connectivity index (χ0n) is 7.94. The van der Waals surface area contributed by atoms with Crippen LogP contribution in [0.15, 0.2) is 18.3 Å². The number of hydrogen-bond donors (Lipinski definition) is 1. The third-order valence-electron chi connectivity index (χ3n) is 1.82. The van der Waals surface area contributed by atoms with Crippen LogP contribution in [-0.2, 0) is 0 Å². The maximum atomic E-state index is 5.78. The van der Waals surface area contributed by atoms with E-state index in [0.29, 0.717) is 18.1 Å². The third kappa shape index (κ3) is 2.09. The van der Waals surface area contributed by atoms with Gasteiger partial charge in [0.25, 0.3) is 0 Å². The summed E-state index contributed by atoms with van der Waals surface area (Å²) in [5, 5.41) is 4.52. The Kier molecular flexibility index (Phi) is 2.86. The van der Waals surface area contributed by atoms with Crippen LogP contribution in [0.5, 0.6) is 0 Å². The minimum Gasteiger partial charge on any atom is -0.330 e. The predicted octanol–water partition coefficient (Wildman–Crippen LogP) is 1.08. The molecule has 0 aromatic carbocycles. The number of nitrogens with zero attached hydrogens (tertiary/aromatic N) is 3. The highest BCUT2D eigenvalue weighted by Gasteiger charge is 2.01. The van der Waals surface area contributed by atoms with E-state index in [1.807, 2.05) is 0 Å². The van der Waals surface area contributed by atoms with Gasteiger partial charge in [-0.1, -0.05) is 17.5 Å². The molecule has 0 aliphatic rings. The number of halogens is 1. The summed E-state index contributed by atoms with van der Waals surface area (Å²) in [5.74, 6) is 5.88. The average molecular weight is 221 g/mol. The zero-order chi connectivity index (χ0) is 10.7. The Balaban J connectivity index is 2.45. The molecule has 15 heavy (non-hydrogen) atoms. The molecular formula is C10H9ClN4. The zero-order valence-corrected chi connectivity index (χ0v) is 8.70. The highest BCUT2D eigenvalue weighted by atomic mass is 35.5. The predicted molar refractivity (Wildman–Crippen MR) is 58.5 cm³/mol. The smallest absolute Gasteiger partial charge is 0.155 e. The van der Waals surface area contributed by atoms with Gasteiger partial charge in [0.15, 0.2) is 5.65 Å². The Morgan fingerprint density at radius 1 is 1.47 bits per heavy atom. The first-order valence-corrected chi connectivity index (χ1v) is 4.88. The summed E-state index contributed by atoms with van der Waals surface area (Å²) in [4.78, 5) is 4.15. The van der Waals surface area contributed by atoms with E-state index in [-0.39, 0.29) is 0 Å². The van der Waals surface area contributed by atoms with Crippen molar-refractivity contribution in [2.45, 2.75) is 6.42 Å². The van der Waals surface area contributed by atoms with Crippen LogP contribution in [0.3, 0.4) is 0 Å². The second kappa shape index (κ2) is 4.30. The number of imidazole rings is 1. The fourth-order valence-corrected chi connectivity index (χ4v) is 1.30. The van der Waals surface area contributed by atoms with Crippen LogP contribution in [0.25, 0.3) is 5.65 Å². The van der Waals surface area contributed by atoms with Crippen LogP contribution in [0.4, 0.5) is 0 Å². The van der Waals surface area contributed by atoms with Gasteiger partial charge >= 0.3 is 0 Å². The molecule has 2 heterocycles. The first-order valence-electron chi connectivity index (χ1n) is 4.50. The number of fused-ring (bicyclic) bond motifs is 1. The topological polar surface area (TPSA) is 56.2 Å². The summed E-state index contributed by atoms with van der Waals surface area (Å²) in [7, 11) is 0. The van der Waals surface area contributed by atoms with E-state index in [1.165, 1.54) is 0 Å². The standard InChI is InChI=1S/C10H9ClN4/c11-9-4-5-10-13-7-8(15(10)14-9)3-1-2-6-12/h4-5,7H,2,6,12H2. The van der Waals surface area contributed by atoms with Gasteiger partial charge in [-0.05, 0) is 18.1 Å². The summed E-state index contributed by atoms with van der Waals surface area (Å²) < 4.78 is 1.62. The first-order chi connectivity index (χ1) is 7.31. The van der Waals surface area contributed by atoms with Gasteiger partial charge in [-0.25, -0.2) is 9.50 Å². The van der Waals surface area contributed by atoms with Crippen molar-refractivity contribution in [3.05, 3.63) is 29.2 Å².